The Bertz CT molecular complexity index is 473. The molecule has 0 aliphatic carbocycles. The SMILES string of the molecule is CN1CCN(C(C(=O)O)c2ccc(O)c(Br)c2)CC1. The number of carbonyl (C=O) groups is 1. The summed E-state index contributed by atoms with van der Waals surface area (Å²) in [5.41, 5.74) is 0.682. The normalized spacial score (nSPS) is 19.3. The summed E-state index contributed by atoms with van der Waals surface area (Å²) in [6.45, 7) is 3.18. The molecule has 104 valence electrons. The van der Waals surface area contributed by atoms with Crippen LogP contribution in [0, 0.1) is 0 Å². The van der Waals surface area contributed by atoms with E-state index in [4.69, 9.17) is 0 Å². The van der Waals surface area contributed by atoms with E-state index in [9.17, 15) is 15.0 Å². The fourth-order valence-electron chi connectivity index (χ4n) is 2.28. The van der Waals surface area contributed by atoms with Crippen molar-refractivity contribution >= 4 is 21.9 Å². The maximum Gasteiger partial charge on any atom is 0.325 e. The van der Waals surface area contributed by atoms with Crippen molar-refractivity contribution in [2.24, 2.45) is 0 Å². The van der Waals surface area contributed by atoms with Crippen LogP contribution < -0.4 is 0 Å². The van der Waals surface area contributed by atoms with Crippen LogP contribution >= 0.6 is 15.9 Å². The summed E-state index contributed by atoms with van der Waals surface area (Å²) in [5.74, 6) is -0.742. The molecule has 0 bridgehead atoms. The van der Waals surface area contributed by atoms with Gasteiger partial charge in [0.15, 0.2) is 0 Å². The molecule has 1 unspecified atom stereocenters. The summed E-state index contributed by atoms with van der Waals surface area (Å²) in [7, 11) is 2.03. The molecular formula is C13H17BrN2O3. The Morgan fingerprint density at radius 2 is 1.95 bits per heavy atom. The van der Waals surface area contributed by atoms with E-state index in [-0.39, 0.29) is 5.75 Å². The highest BCUT2D eigenvalue weighted by molar-refractivity contribution is 9.10. The van der Waals surface area contributed by atoms with E-state index in [1.165, 1.54) is 6.07 Å². The number of rotatable bonds is 3. The minimum atomic E-state index is -0.859. The van der Waals surface area contributed by atoms with Crippen molar-refractivity contribution in [2.75, 3.05) is 33.2 Å². The Balaban J connectivity index is 2.24. The smallest absolute Gasteiger partial charge is 0.325 e. The number of phenols is 1. The summed E-state index contributed by atoms with van der Waals surface area (Å²) >= 11 is 3.23. The molecule has 1 saturated heterocycles. The average molecular weight is 329 g/mol. The molecule has 1 aliphatic heterocycles. The lowest BCUT2D eigenvalue weighted by Gasteiger charge is -2.36. The fourth-order valence-corrected chi connectivity index (χ4v) is 2.68. The molecule has 6 heteroatoms. The zero-order valence-electron chi connectivity index (χ0n) is 10.7. The number of likely N-dealkylation sites (N-methyl/N-ethyl adjacent to an activating group) is 1. The van der Waals surface area contributed by atoms with E-state index in [0.717, 1.165) is 26.2 Å². The zero-order chi connectivity index (χ0) is 14.0. The van der Waals surface area contributed by atoms with Crippen molar-refractivity contribution in [3.8, 4) is 5.75 Å². The lowest BCUT2D eigenvalue weighted by atomic mass is 10.0. The molecule has 0 amide bonds. The average Bonchev–Trinajstić information content (AvgIpc) is 2.36. The first kappa shape index (κ1) is 14.3. The lowest BCUT2D eigenvalue weighted by molar-refractivity contribution is -0.144. The molecule has 1 aromatic carbocycles. The van der Waals surface area contributed by atoms with Gasteiger partial charge in [-0.3, -0.25) is 9.69 Å². The molecule has 5 nitrogen and oxygen atoms in total. The number of carboxylic acids is 1. The van der Waals surface area contributed by atoms with Crippen molar-refractivity contribution < 1.29 is 15.0 Å². The molecule has 0 radical (unpaired) electrons. The second-order valence-electron chi connectivity index (χ2n) is 4.79. The van der Waals surface area contributed by atoms with Gasteiger partial charge in [0.05, 0.1) is 4.47 Å². The van der Waals surface area contributed by atoms with E-state index < -0.39 is 12.0 Å². The summed E-state index contributed by atoms with van der Waals surface area (Å²) in [5, 5.41) is 19.0. The standard InChI is InChI=1S/C13H17BrN2O3/c1-15-4-6-16(7-5-15)12(13(18)19)9-2-3-11(17)10(14)8-9/h2-3,8,12,17H,4-7H2,1H3,(H,18,19). The molecule has 1 fully saturated rings. The summed E-state index contributed by atoms with van der Waals surface area (Å²) in [4.78, 5) is 15.7. The number of hydrogen-bond donors (Lipinski definition) is 2. The van der Waals surface area contributed by atoms with Gasteiger partial charge in [-0.1, -0.05) is 6.07 Å². The lowest BCUT2D eigenvalue weighted by Crippen LogP contribution is -2.47. The zero-order valence-corrected chi connectivity index (χ0v) is 12.3. The second kappa shape index (κ2) is 5.90. The minimum Gasteiger partial charge on any atom is -0.507 e. The van der Waals surface area contributed by atoms with Crippen LogP contribution in [0.4, 0.5) is 0 Å². The third-order valence-corrected chi connectivity index (χ3v) is 4.06. The number of hydrogen-bond acceptors (Lipinski definition) is 4. The van der Waals surface area contributed by atoms with E-state index >= 15 is 0 Å². The molecule has 1 heterocycles. The number of phenolic OH excluding ortho intramolecular Hbond substituents is 1. The van der Waals surface area contributed by atoms with Crippen molar-refractivity contribution in [1.29, 1.82) is 0 Å². The van der Waals surface area contributed by atoms with Gasteiger partial charge < -0.3 is 15.1 Å². The van der Waals surface area contributed by atoms with E-state index in [1.807, 2.05) is 11.9 Å². The maximum absolute atomic E-state index is 11.5. The molecule has 1 atom stereocenters. The van der Waals surface area contributed by atoms with Crippen LogP contribution in [-0.4, -0.2) is 59.2 Å². The van der Waals surface area contributed by atoms with Gasteiger partial charge in [0.25, 0.3) is 0 Å². The van der Waals surface area contributed by atoms with Gasteiger partial charge in [-0.15, -0.1) is 0 Å². The minimum absolute atomic E-state index is 0.117. The summed E-state index contributed by atoms with van der Waals surface area (Å²) < 4.78 is 0.519. The summed E-state index contributed by atoms with van der Waals surface area (Å²) in [6, 6.07) is 4.19. The van der Waals surface area contributed by atoms with Crippen LogP contribution in [0.2, 0.25) is 0 Å². The van der Waals surface area contributed by atoms with E-state index in [0.29, 0.717) is 10.0 Å². The third-order valence-electron chi connectivity index (χ3n) is 3.42. The Morgan fingerprint density at radius 3 is 2.47 bits per heavy atom. The van der Waals surface area contributed by atoms with Crippen molar-refractivity contribution in [3.05, 3.63) is 28.2 Å². The van der Waals surface area contributed by atoms with Gasteiger partial charge in [-0.2, -0.15) is 0 Å². The number of benzene rings is 1. The predicted octanol–water partition coefficient (Wildman–Crippen LogP) is 1.53. The molecule has 1 aromatic rings. The van der Waals surface area contributed by atoms with E-state index in [2.05, 4.69) is 20.8 Å². The number of halogens is 1. The quantitative estimate of drug-likeness (QED) is 0.881. The van der Waals surface area contributed by atoms with Crippen molar-refractivity contribution in [1.82, 2.24) is 9.80 Å². The van der Waals surface area contributed by atoms with Crippen LogP contribution in [0.1, 0.15) is 11.6 Å². The Hall–Kier alpha value is -1.11. The Morgan fingerprint density at radius 1 is 1.32 bits per heavy atom. The molecule has 1 aliphatic rings. The number of piperazine rings is 1. The molecule has 19 heavy (non-hydrogen) atoms. The van der Waals surface area contributed by atoms with Crippen molar-refractivity contribution in [3.63, 3.8) is 0 Å². The number of nitrogens with zero attached hydrogens (tertiary/aromatic N) is 2. The van der Waals surface area contributed by atoms with E-state index in [1.54, 1.807) is 12.1 Å². The van der Waals surface area contributed by atoms with Gasteiger partial charge in [0, 0.05) is 26.2 Å². The predicted molar refractivity (Wildman–Crippen MR) is 75.3 cm³/mol. The van der Waals surface area contributed by atoms with Gasteiger partial charge in [-0.25, -0.2) is 0 Å². The number of aliphatic carboxylic acids is 1. The largest absolute Gasteiger partial charge is 0.507 e. The topological polar surface area (TPSA) is 64.0 Å². The first-order valence-electron chi connectivity index (χ1n) is 6.13. The van der Waals surface area contributed by atoms with Crippen LogP contribution in [-0.2, 0) is 4.79 Å². The van der Waals surface area contributed by atoms with Crippen LogP contribution in [0.15, 0.2) is 22.7 Å². The number of carboxylic acid groups (broad SMARTS) is 1. The third kappa shape index (κ3) is 3.26. The number of aromatic hydroxyl groups is 1. The summed E-state index contributed by atoms with van der Waals surface area (Å²) in [6.07, 6.45) is 0. The first-order valence-corrected chi connectivity index (χ1v) is 6.92. The van der Waals surface area contributed by atoms with Gasteiger partial charge in [0.2, 0.25) is 0 Å². The molecule has 2 N–H and O–H groups in total. The molecule has 0 saturated carbocycles. The molecular weight excluding hydrogens is 312 g/mol. The van der Waals surface area contributed by atoms with Crippen molar-refractivity contribution in [2.45, 2.75) is 6.04 Å². The monoisotopic (exact) mass is 328 g/mol. The highest BCUT2D eigenvalue weighted by Gasteiger charge is 2.29. The highest BCUT2D eigenvalue weighted by atomic mass is 79.9. The molecule has 0 aromatic heterocycles. The Labute approximate surface area is 120 Å². The first-order chi connectivity index (χ1) is 8.99. The fraction of sp³-hybridized carbons (Fsp3) is 0.462. The van der Waals surface area contributed by atoms with Crippen LogP contribution in [0.5, 0.6) is 5.75 Å². The highest BCUT2D eigenvalue weighted by Crippen LogP contribution is 2.30. The molecule has 0 spiro atoms. The Kier molecular flexibility index (Phi) is 4.44. The van der Waals surface area contributed by atoms with Crippen LogP contribution in [0.3, 0.4) is 0 Å². The van der Waals surface area contributed by atoms with Crippen LogP contribution in [0.25, 0.3) is 0 Å². The molecule has 2 rings (SSSR count). The maximum atomic E-state index is 11.5. The van der Waals surface area contributed by atoms with Gasteiger partial charge in [0.1, 0.15) is 11.8 Å². The van der Waals surface area contributed by atoms with Gasteiger partial charge in [-0.05, 0) is 40.7 Å². The van der Waals surface area contributed by atoms with Gasteiger partial charge >= 0.3 is 5.97 Å². The second-order valence-corrected chi connectivity index (χ2v) is 5.65.